The van der Waals surface area contributed by atoms with Gasteiger partial charge in [-0.05, 0) is 25.0 Å². The van der Waals surface area contributed by atoms with Crippen molar-refractivity contribution in [3.05, 3.63) is 29.8 Å². The molecular formula is C15H22O3. The highest BCUT2D eigenvalue weighted by atomic mass is 16.5. The van der Waals surface area contributed by atoms with E-state index in [0.717, 1.165) is 32.0 Å². The zero-order valence-electron chi connectivity index (χ0n) is 11.2. The van der Waals surface area contributed by atoms with Crippen LogP contribution in [0.1, 0.15) is 49.9 Å². The summed E-state index contributed by atoms with van der Waals surface area (Å²) >= 11 is 0. The molecule has 0 fully saturated rings. The van der Waals surface area contributed by atoms with Crippen molar-refractivity contribution in [2.24, 2.45) is 0 Å². The lowest BCUT2D eigenvalue weighted by molar-refractivity contribution is -0.0202. The fourth-order valence-electron chi connectivity index (χ4n) is 2.10. The standard InChI is InChI=1S/C15H22O3/c1-3-8-15(17,9-4-2)12-18-14-7-5-6-13(10-14)11-16/h5-7,10-11,17H,3-4,8-9,12H2,1-2H3. The molecule has 18 heavy (non-hydrogen) atoms. The van der Waals surface area contributed by atoms with Crippen molar-refractivity contribution in [3.63, 3.8) is 0 Å². The summed E-state index contributed by atoms with van der Waals surface area (Å²) in [4.78, 5) is 10.7. The van der Waals surface area contributed by atoms with E-state index in [0.29, 0.717) is 11.3 Å². The topological polar surface area (TPSA) is 46.5 Å². The number of rotatable bonds is 8. The molecule has 0 unspecified atom stereocenters. The Morgan fingerprint density at radius 2 is 1.94 bits per heavy atom. The molecule has 1 aromatic rings. The Morgan fingerprint density at radius 1 is 1.28 bits per heavy atom. The van der Waals surface area contributed by atoms with Gasteiger partial charge in [-0.2, -0.15) is 0 Å². The minimum Gasteiger partial charge on any atom is -0.491 e. The van der Waals surface area contributed by atoms with Crippen LogP contribution in [-0.4, -0.2) is 23.6 Å². The van der Waals surface area contributed by atoms with Gasteiger partial charge in [-0.25, -0.2) is 0 Å². The minimum absolute atomic E-state index is 0.275. The van der Waals surface area contributed by atoms with Crippen molar-refractivity contribution in [2.45, 2.75) is 45.1 Å². The molecule has 0 spiro atoms. The molecule has 0 aliphatic heterocycles. The lowest BCUT2D eigenvalue weighted by Gasteiger charge is -2.27. The van der Waals surface area contributed by atoms with Gasteiger partial charge in [0.25, 0.3) is 0 Å². The van der Waals surface area contributed by atoms with E-state index >= 15 is 0 Å². The summed E-state index contributed by atoms with van der Waals surface area (Å²) in [5.74, 6) is 0.630. The number of carbonyl (C=O) groups excluding carboxylic acids is 1. The van der Waals surface area contributed by atoms with Crippen LogP contribution >= 0.6 is 0 Å². The summed E-state index contributed by atoms with van der Waals surface area (Å²) in [5.41, 5.74) is -0.178. The molecule has 0 radical (unpaired) electrons. The summed E-state index contributed by atoms with van der Waals surface area (Å²) in [6.07, 6.45) is 4.10. The van der Waals surface area contributed by atoms with Crippen LogP contribution in [-0.2, 0) is 0 Å². The molecule has 1 N–H and O–H groups in total. The van der Waals surface area contributed by atoms with Crippen LogP contribution < -0.4 is 4.74 Å². The van der Waals surface area contributed by atoms with Crippen LogP contribution in [0.15, 0.2) is 24.3 Å². The average Bonchev–Trinajstić information content (AvgIpc) is 2.37. The van der Waals surface area contributed by atoms with Gasteiger partial charge in [0.1, 0.15) is 18.6 Å². The molecule has 1 rings (SSSR count). The smallest absolute Gasteiger partial charge is 0.150 e. The maximum absolute atomic E-state index is 10.7. The van der Waals surface area contributed by atoms with Gasteiger partial charge >= 0.3 is 0 Å². The zero-order chi connectivity index (χ0) is 13.4. The maximum atomic E-state index is 10.7. The van der Waals surface area contributed by atoms with E-state index in [2.05, 4.69) is 0 Å². The third kappa shape index (κ3) is 4.49. The van der Waals surface area contributed by atoms with Crippen molar-refractivity contribution >= 4 is 6.29 Å². The van der Waals surface area contributed by atoms with E-state index in [-0.39, 0.29) is 6.61 Å². The normalized spacial score (nSPS) is 11.3. The Kier molecular flexibility index (Phi) is 5.86. The van der Waals surface area contributed by atoms with E-state index in [1.807, 2.05) is 13.8 Å². The van der Waals surface area contributed by atoms with Gasteiger partial charge in [0.05, 0.1) is 5.60 Å². The Labute approximate surface area is 109 Å². The second-order valence-corrected chi connectivity index (χ2v) is 4.70. The Bertz CT molecular complexity index is 368. The summed E-state index contributed by atoms with van der Waals surface area (Å²) in [7, 11) is 0. The zero-order valence-corrected chi connectivity index (χ0v) is 11.2. The summed E-state index contributed by atoms with van der Waals surface area (Å²) < 4.78 is 5.61. The monoisotopic (exact) mass is 250 g/mol. The summed E-state index contributed by atoms with van der Waals surface area (Å²) in [6.45, 7) is 4.37. The summed E-state index contributed by atoms with van der Waals surface area (Å²) in [5, 5.41) is 10.4. The van der Waals surface area contributed by atoms with E-state index in [1.54, 1.807) is 24.3 Å². The van der Waals surface area contributed by atoms with Crippen molar-refractivity contribution in [2.75, 3.05) is 6.61 Å². The quantitative estimate of drug-likeness (QED) is 0.721. The van der Waals surface area contributed by atoms with Gasteiger partial charge in [-0.1, -0.05) is 38.8 Å². The Balaban J connectivity index is 2.63. The Hall–Kier alpha value is -1.35. The number of benzene rings is 1. The van der Waals surface area contributed by atoms with E-state index < -0.39 is 5.60 Å². The molecule has 0 atom stereocenters. The molecule has 0 aromatic heterocycles. The molecule has 0 saturated heterocycles. The van der Waals surface area contributed by atoms with Crippen LogP contribution in [0.2, 0.25) is 0 Å². The third-order valence-electron chi connectivity index (χ3n) is 2.93. The van der Waals surface area contributed by atoms with Crippen LogP contribution in [0.3, 0.4) is 0 Å². The molecule has 0 saturated carbocycles. The molecule has 100 valence electrons. The number of hydrogen-bond donors (Lipinski definition) is 1. The minimum atomic E-state index is -0.763. The average molecular weight is 250 g/mol. The van der Waals surface area contributed by atoms with Crippen molar-refractivity contribution in [1.29, 1.82) is 0 Å². The maximum Gasteiger partial charge on any atom is 0.150 e. The van der Waals surface area contributed by atoms with Gasteiger partial charge in [0.2, 0.25) is 0 Å². The second kappa shape index (κ2) is 7.17. The van der Waals surface area contributed by atoms with Gasteiger partial charge in [-0.3, -0.25) is 4.79 Å². The van der Waals surface area contributed by atoms with Gasteiger partial charge in [0, 0.05) is 5.56 Å². The van der Waals surface area contributed by atoms with Crippen LogP contribution in [0.25, 0.3) is 0 Å². The lowest BCUT2D eigenvalue weighted by Crippen LogP contribution is -2.35. The molecule has 1 aromatic carbocycles. The van der Waals surface area contributed by atoms with Crippen molar-refractivity contribution in [1.82, 2.24) is 0 Å². The lowest BCUT2D eigenvalue weighted by atomic mass is 9.94. The van der Waals surface area contributed by atoms with Gasteiger partial charge in [-0.15, -0.1) is 0 Å². The third-order valence-corrected chi connectivity index (χ3v) is 2.93. The molecule has 0 aliphatic carbocycles. The highest BCUT2D eigenvalue weighted by Gasteiger charge is 2.25. The predicted molar refractivity (Wildman–Crippen MR) is 72.1 cm³/mol. The first-order chi connectivity index (χ1) is 8.63. The van der Waals surface area contributed by atoms with Crippen molar-refractivity contribution < 1.29 is 14.6 Å². The Morgan fingerprint density at radius 3 is 2.50 bits per heavy atom. The van der Waals surface area contributed by atoms with E-state index in [9.17, 15) is 9.90 Å². The molecule has 0 aliphatic rings. The summed E-state index contributed by atoms with van der Waals surface area (Å²) in [6, 6.07) is 6.98. The van der Waals surface area contributed by atoms with Gasteiger partial charge < -0.3 is 9.84 Å². The molecular weight excluding hydrogens is 228 g/mol. The largest absolute Gasteiger partial charge is 0.491 e. The predicted octanol–water partition coefficient (Wildman–Crippen LogP) is 3.21. The first-order valence-corrected chi connectivity index (χ1v) is 6.54. The fourth-order valence-corrected chi connectivity index (χ4v) is 2.10. The second-order valence-electron chi connectivity index (χ2n) is 4.70. The number of ether oxygens (including phenoxy) is 1. The molecule has 3 nitrogen and oxygen atoms in total. The molecule has 0 amide bonds. The molecule has 0 bridgehead atoms. The molecule has 0 heterocycles. The first kappa shape index (κ1) is 14.7. The first-order valence-electron chi connectivity index (χ1n) is 6.54. The van der Waals surface area contributed by atoms with E-state index in [4.69, 9.17) is 4.74 Å². The number of hydrogen-bond acceptors (Lipinski definition) is 3. The number of aldehydes is 1. The van der Waals surface area contributed by atoms with Crippen LogP contribution in [0, 0.1) is 0 Å². The highest BCUT2D eigenvalue weighted by Crippen LogP contribution is 2.22. The van der Waals surface area contributed by atoms with Crippen LogP contribution in [0.4, 0.5) is 0 Å². The van der Waals surface area contributed by atoms with Crippen LogP contribution in [0.5, 0.6) is 5.75 Å². The van der Waals surface area contributed by atoms with E-state index in [1.165, 1.54) is 0 Å². The molecule has 3 heteroatoms. The fraction of sp³-hybridized carbons (Fsp3) is 0.533. The highest BCUT2D eigenvalue weighted by molar-refractivity contribution is 5.75. The van der Waals surface area contributed by atoms with Crippen molar-refractivity contribution in [3.8, 4) is 5.75 Å². The SMILES string of the molecule is CCCC(O)(CCC)COc1cccc(C=O)c1. The van der Waals surface area contributed by atoms with Gasteiger partial charge in [0.15, 0.2) is 0 Å². The number of carbonyl (C=O) groups is 1. The number of aliphatic hydroxyl groups is 1.